The summed E-state index contributed by atoms with van der Waals surface area (Å²) in [5, 5.41) is 15.6. The van der Waals surface area contributed by atoms with Gasteiger partial charge in [0.2, 0.25) is 5.91 Å². The van der Waals surface area contributed by atoms with E-state index in [4.69, 9.17) is 9.15 Å². The standard InChI is InChI=1S/C26H37N3O6/c1-16(2)24-18(4)11-12-22(31)27-13-7-9-17(3)8-6-10-20(30)14-23-29-21(15-34-23)25(32)28-19(5)26(33)35-24/h7-9,11-12,15-16,18-20,24,30H,6,10,13-14H2,1-5H3,(H,27,31)(H,28,32)/t18-,19-,20+,24-/m1/s1. The Morgan fingerprint density at radius 1 is 1.17 bits per heavy atom. The molecule has 0 spiro atoms. The molecule has 2 amide bonds. The van der Waals surface area contributed by atoms with Gasteiger partial charge in [0, 0.05) is 12.5 Å². The fourth-order valence-electron chi connectivity index (χ4n) is 3.61. The number of nitrogens with zero attached hydrogens (tertiary/aromatic N) is 1. The maximum absolute atomic E-state index is 12.7. The lowest BCUT2D eigenvalue weighted by atomic mass is 9.94. The number of fused-ring (bicyclic) bond motifs is 2. The van der Waals surface area contributed by atoms with E-state index in [1.807, 2.05) is 45.9 Å². The first-order chi connectivity index (χ1) is 16.6. The second-order valence-electron chi connectivity index (χ2n) is 9.22. The van der Waals surface area contributed by atoms with Crippen molar-refractivity contribution in [3.05, 3.63) is 53.8 Å². The van der Waals surface area contributed by atoms with Gasteiger partial charge >= 0.3 is 5.97 Å². The Bertz CT molecular complexity index is 962. The van der Waals surface area contributed by atoms with Crippen LogP contribution in [-0.4, -0.2) is 52.7 Å². The van der Waals surface area contributed by atoms with Gasteiger partial charge in [0.25, 0.3) is 5.91 Å². The molecule has 1 aromatic heterocycles. The van der Waals surface area contributed by atoms with E-state index in [9.17, 15) is 19.5 Å². The molecule has 2 heterocycles. The number of hydrogen-bond donors (Lipinski definition) is 3. The van der Waals surface area contributed by atoms with Crippen molar-refractivity contribution in [2.24, 2.45) is 11.8 Å². The topological polar surface area (TPSA) is 131 Å². The molecule has 1 aliphatic heterocycles. The summed E-state index contributed by atoms with van der Waals surface area (Å²) in [5.74, 6) is -1.40. The second kappa shape index (κ2) is 13.6. The van der Waals surface area contributed by atoms with Crippen LogP contribution in [0.1, 0.15) is 63.8 Å². The minimum atomic E-state index is -0.919. The number of cyclic esters (lactones) is 1. The quantitative estimate of drug-likeness (QED) is 0.519. The highest BCUT2D eigenvalue weighted by atomic mass is 16.5. The summed E-state index contributed by atoms with van der Waals surface area (Å²) in [6.45, 7) is 9.56. The van der Waals surface area contributed by atoms with E-state index in [1.54, 1.807) is 6.08 Å². The van der Waals surface area contributed by atoms with Crippen molar-refractivity contribution >= 4 is 17.8 Å². The van der Waals surface area contributed by atoms with Gasteiger partial charge in [0.15, 0.2) is 11.6 Å². The highest BCUT2D eigenvalue weighted by molar-refractivity contribution is 5.94. The third-order valence-electron chi connectivity index (χ3n) is 5.62. The van der Waals surface area contributed by atoms with Crippen molar-refractivity contribution in [3.63, 3.8) is 0 Å². The Morgan fingerprint density at radius 2 is 1.91 bits per heavy atom. The minimum Gasteiger partial charge on any atom is -0.460 e. The van der Waals surface area contributed by atoms with Gasteiger partial charge in [-0.3, -0.25) is 9.59 Å². The van der Waals surface area contributed by atoms with E-state index < -0.39 is 30.1 Å². The molecule has 0 radical (unpaired) electrons. The molecule has 3 N–H and O–H groups in total. The fraction of sp³-hybridized carbons (Fsp3) is 0.538. The summed E-state index contributed by atoms with van der Waals surface area (Å²) in [6.07, 6.45) is 10.3. The summed E-state index contributed by atoms with van der Waals surface area (Å²) >= 11 is 0. The first-order valence-corrected chi connectivity index (χ1v) is 12.0. The number of ether oxygens (including phenoxy) is 1. The van der Waals surface area contributed by atoms with Gasteiger partial charge < -0.3 is 24.9 Å². The average molecular weight is 488 g/mol. The molecule has 1 aliphatic rings. The van der Waals surface area contributed by atoms with Crippen molar-refractivity contribution in [3.8, 4) is 0 Å². The maximum atomic E-state index is 12.7. The first kappa shape index (κ1) is 28.0. The van der Waals surface area contributed by atoms with Crippen molar-refractivity contribution in [2.45, 2.75) is 72.1 Å². The Morgan fingerprint density at radius 3 is 2.63 bits per heavy atom. The molecule has 192 valence electrons. The van der Waals surface area contributed by atoms with Gasteiger partial charge in [-0.1, -0.05) is 50.6 Å². The molecule has 0 aliphatic carbocycles. The molecule has 0 saturated heterocycles. The average Bonchev–Trinajstić information content (AvgIpc) is 3.26. The van der Waals surface area contributed by atoms with Gasteiger partial charge in [-0.2, -0.15) is 0 Å². The monoisotopic (exact) mass is 487 g/mol. The lowest BCUT2D eigenvalue weighted by molar-refractivity contribution is -0.155. The molecule has 0 unspecified atom stereocenters. The Hall–Kier alpha value is -3.20. The van der Waals surface area contributed by atoms with Crippen molar-refractivity contribution < 1.29 is 28.6 Å². The molecule has 0 fully saturated rings. The van der Waals surface area contributed by atoms with Crippen LogP contribution in [0.2, 0.25) is 0 Å². The van der Waals surface area contributed by atoms with Crippen LogP contribution in [-0.2, 0) is 20.7 Å². The van der Waals surface area contributed by atoms with Crippen LogP contribution in [0.4, 0.5) is 0 Å². The molecular formula is C26H37N3O6. The highest BCUT2D eigenvalue weighted by Gasteiger charge is 2.27. The summed E-state index contributed by atoms with van der Waals surface area (Å²) < 4.78 is 11.0. The summed E-state index contributed by atoms with van der Waals surface area (Å²) in [5.41, 5.74) is 1.04. The fourth-order valence-corrected chi connectivity index (χ4v) is 3.61. The van der Waals surface area contributed by atoms with Gasteiger partial charge in [-0.15, -0.1) is 0 Å². The van der Waals surface area contributed by atoms with Gasteiger partial charge in [0.1, 0.15) is 18.4 Å². The minimum absolute atomic E-state index is 0.0127. The van der Waals surface area contributed by atoms with E-state index in [2.05, 4.69) is 15.6 Å². The van der Waals surface area contributed by atoms with Crippen LogP contribution < -0.4 is 10.6 Å². The van der Waals surface area contributed by atoms with Crippen LogP contribution in [0.5, 0.6) is 0 Å². The third-order valence-corrected chi connectivity index (χ3v) is 5.62. The number of esters is 1. The van der Waals surface area contributed by atoms with Crippen LogP contribution in [0.15, 0.2) is 46.6 Å². The van der Waals surface area contributed by atoms with Gasteiger partial charge in [-0.05, 0) is 38.7 Å². The highest BCUT2D eigenvalue weighted by Crippen LogP contribution is 2.19. The SMILES string of the molecule is CC1=CCC[C@H](O)Cc2nc(co2)C(=O)N[C@H](C)C(=O)O[C@H](C(C)C)[C@H](C)C=CC(=O)NCC=C1. The number of nitrogens with one attached hydrogen (secondary N) is 2. The lowest BCUT2D eigenvalue weighted by Crippen LogP contribution is -2.42. The van der Waals surface area contributed by atoms with Crippen LogP contribution in [0, 0.1) is 11.8 Å². The van der Waals surface area contributed by atoms with E-state index in [0.717, 1.165) is 5.57 Å². The maximum Gasteiger partial charge on any atom is 0.328 e. The predicted molar refractivity (Wildman–Crippen MR) is 131 cm³/mol. The number of aliphatic hydroxyl groups is 1. The van der Waals surface area contributed by atoms with E-state index in [1.165, 1.54) is 19.3 Å². The Labute approximate surface area is 206 Å². The van der Waals surface area contributed by atoms with E-state index in [0.29, 0.717) is 19.4 Å². The van der Waals surface area contributed by atoms with Crippen molar-refractivity contribution in [2.75, 3.05) is 6.54 Å². The number of oxazole rings is 1. The van der Waals surface area contributed by atoms with Crippen LogP contribution in [0.3, 0.4) is 0 Å². The molecule has 0 aromatic carbocycles. The molecular weight excluding hydrogens is 450 g/mol. The number of rotatable bonds is 1. The largest absolute Gasteiger partial charge is 0.460 e. The van der Waals surface area contributed by atoms with Crippen LogP contribution in [0.25, 0.3) is 0 Å². The number of carbonyl (C=O) groups excluding carboxylic acids is 3. The normalized spacial score (nSPS) is 26.0. The number of allylic oxidation sites excluding steroid dienone is 3. The summed E-state index contributed by atoms with van der Waals surface area (Å²) in [4.78, 5) is 41.5. The number of carbonyl (C=O) groups is 3. The molecule has 0 saturated carbocycles. The second-order valence-corrected chi connectivity index (χ2v) is 9.22. The smallest absolute Gasteiger partial charge is 0.328 e. The first-order valence-electron chi connectivity index (χ1n) is 12.0. The van der Waals surface area contributed by atoms with Gasteiger partial charge in [-0.25, -0.2) is 9.78 Å². The van der Waals surface area contributed by atoms with Crippen LogP contribution >= 0.6 is 0 Å². The van der Waals surface area contributed by atoms with Crippen molar-refractivity contribution in [1.82, 2.24) is 15.6 Å². The number of amides is 2. The third kappa shape index (κ3) is 9.52. The van der Waals surface area contributed by atoms with E-state index in [-0.39, 0.29) is 35.7 Å². The zero-order valence-electron chi connectivity index (χ0n) is 21.1. The Kier molecular flexibility index (Phi) is 10.9. The Balaban J connectivity index is 2.20. The molecule has 9 nitrogen and oxygen atoms in total. The number of aromatic nitrogens is 1. The zero-order valence-corrected chi connectivity index (χ0v) is 21.1. The predicted octanol–water partition coefficient (Wildman–Crippen LogP) is 2.87. The molecule has 1 aromatic rings. The summed E-state index contributed by atoms with van der Waals surface area (Å²) in [6, 6.07) is -0.919. The molecule has 35 heavy (non-hydrogen) atoms. The summed E-state index contributed by atoms with van der Waals surface area (Å²) in [7, 11) is 0. The molecule has 9 heteroatoms. The molecule has 4 atom stereocenters. The molecule has 2 bridgehead atoms. The number of aliphatic hydroxyl groups excluding tert-OH is 1. The lowest BCUT2D eigenvalue weighted by Gasteiger charge is -2.27. The van der Waals surface area contributed by atoms with E-state index >= 15 is 0 Å². The zero-order chi connectivity index (χ0) is 26.0. The molecule has 2 rings (SSSR count). The van der Waals surface area contributed by atoms with Crippen molar-refractivity contribution in [1.29, 1.82) is 0 Å². The van der Waals surface area contributed by atoms with Gasteiger partial charge in [0.05, 0.1) is 12.5 Å². The number of hydrogen-bond acceptors (Lipinski definition) is 7.